The largest absolute Gasteiger partial charge is 0.436 e. The molecule has 1 aliphatic heterocycles. The van der Waals surface area contributed by atoms with Crippen molar-refractivity contribution in [3.8, 4) is 11.6 Å². The summed E-state index contributed by atoms with van der Waals surface area (Å²) in [6.45, 7) is 3.94. The van der Waals surface area contributed by atoms with E-state index in [0.29, 0.717) is 12.2 Å². The summed E-state index contributed by atoms with van der Waals surface area (Å²) in [5.41, 5.74) is 5.82. The summed E-state index contributed by atoms with van der Waals surface area (Å²) in [6, 6.07) is 5.27. The Morgan fingerprint density at radius 3 is 2.86 bits per heavy atom. The average Bonchev–Trinajstić information content (AvgIpc) is 3.18. The van der Waals surface area contributed by atoms with Crippen LogP contribution in [-0.2, 0) is 0 Å². The summed E-state index contributed by atoms with van der Waals surface area (Å²) in [6.07, 6.45) is 4.68. The fraction of sp³-hybridized carbons (Fsp3) is 0.421. The van der Waals surface area contributed by atoms with Crippen molar-refractivity contribution >= 4 is 17.5 Å². The van der Waals surface area contributed by atoms with Crippen molar-refractivity contribution in [2.45, 2.75) is 19.3 Å². The van der Waals surface area contributed by atoms with Crippen LogP contribution >= 0.6 is 0 Å². The first-order chi connectivity index (χ1) is 13.5. The van der Waals surface area contributed by atoms with Crippen LogP contribution in [0.3, 0.4) is 0 Å². The van der Waals surface area contributed by atoms with Crippen LogP contribution in [-0.4, -0.2) is 59.0 Å². The molecule has 9 heteroatoms. The van der Waals surface area contributed by atoms with E-state index in [9.17, 15) is 9.18 Å². The molecule has 0 unspecified atom stereocenters. The number of nitrogens with one attached hydrogen (secondary N) is 1. The highest BCUT2D eigenvalue weighted by Gasteiger charge is 2.14. The molecule has 3 N–H and O–H groups in total. The Balaban J connectivity index is 1.52. The second kappa shape index (κ2) is 9.32. The van der Waals surface area contributed by atoms with Crippen molar-refractivity contribution in [2.24, 2.45) is 0 Å². The monoisotopic (exact) mass is 388 g/mol. The number of anilines is 2. The van der Waals surface area contributed by atoms with Crippen LogP contribution in [0.25, 0.3) is 0 Å². The van der Waals surface area contributed by atoms with Gasteiger partial charge < -0.3 is 20.3 Å². The maximum absolute atomic E-state index is 13.9. The minimum Gasteiger partial charge on any atom is -0.436 e. The molecule has 0 atom stereocenters. The zero-order chi connectivity index (χ0) is 19.9. The van der Waals surface area contributed by atoms with Crippen LogP contribution in [0.4, 0.5) is 20.7 Å². The number of likely N-dealkylation sites (tertiary alicyclic amines) is 1. The van der Waals surface area contributed by atoms with Crippen LogP contribution < -0.4 is 15.8 Å². The molecule has 0 bridgehead atoms. The Hall–Kier alpha value is -2.94. The zero-order valence-electron chi connectivity index (χ0n) is 15.9. The van der Waals surface area contributed by atoms with E-state index < -0.39 is 5.82 Å². The summed E-state index contributed by atoms with van der Waals surface area (Å²) >= 11 is 0. The molecule has 1 aliphatic rings. The van der Waals surface area contributed by atoms with Gasteiger partial charge in [-0.15, -0.1) is 0 Å². The van der Waals surface area contributed by atoms with Crippen LogP contribution in [0.5, 0.6) is 11.6 Å². The summed E-state index contributed by atoms with van der Waals surface area (Å²) in [5.74, 6) is -0.214. The number of benzene rings is 1. The molecular formula is C19H25FN6O2. The van der Waals surface area contributed by atoms with Gasteiger partial charge in [0.15, 0.2) is 11.6 Å². The average molecular weight is 388 g/mol. The summed E-state index contributed by atoms with van der Waals surface area (Å²) < 4.78 is 19.3. The lowest BCUT2D eigenvalue weighted by Gasteiger charge is -2.20. The van der Waals surface area contributed by atoms with Crippen LogP contribution in [0.15, 0.2) is 30.6 Å². The molecule has 0 spiro atoms. The number of nitrogens with two attached hydrogens (primary N) is 1. The Morgan fingerprint density at radius 1 is 1.32 bits per heavy atom. The first-order valence-corrected chi connectivity index (χ1v) is 9.30. The van der Waals surface area contributed by atoms with E-state index in [2.05, 4.69) is 20.2 Å². The molecule has 28 heavy (non-hydrogen) atoms. The Kier molecular flexibility index (Phi) is 6.59. The molecule has 2 aromatic rings. The lowest BCUT2D eigenvalue weighted by molar-refractivity contribution is 0.218. The lowest BCUT2D eigenvalue weighted by atomic mass is 10.3. The van der Waals surface area contributed by atoms with Gasteiger partial charge in [0.25, 0.3) is 0 Å². The number of carbonyl (C=O) groups is 1. The second-order valence-corrected chi connectivity index (χ2v) is 6.79. The fourth-order valence-electron chi connectivity index (χ4n) is 3.02. The van der Waals surface area contributed by atoms with Crippen LogP contribution in [0.2, 0.25) is 0 Å². The van der Waals surface area contributed by atoms with E-state index in [0.717, 1.165) is 32.1 Å². The third-order valence-electron chi connectivity index (χ3n) is 4.56. The van der Waals surface area contributed by atoms with E-state index in [-0.39, 0.29) is 23.5 Å². The lowest BCUT2D eigenvalue weighted by Crippen LogP contribution is -2.34. The normalized spacial score (nSPS) is 14.1. The molecule has 1 aromatic carbocycles. The molecule has 1 fully saturated rings. The van der Waals surface area contributed by atoms with Gasteiger partial charge in [-0.3, -0.25) is 5.32 Å². The maximum atomic E-state index is 13.9. The Bertz CT molecular complexity index is 813. The van der Waals surface area contributed by atoms with Gasteiger partial charge in [-0.1, -0.05) is 0 Å². The van der Waals surface area contributed by atoms with E-state index in [1.165, 1.54) is 37.4 Å². The zero-order valence-corrected chi connectivity index (χ0v) is 15.9. The maximum Gasteiger partial charge on any atom is 0.322 e. The van der Waals surface area contributed by atoms with Gasteiger partial charge in [-0.2, -0.15) is 0 Å². The van der Waals surface area contributed by atoms with E-state index in [1.807, 2.05) is 0 Å². The number of ether oxygens (including phenoxy) is 1. The summed E-state index contributed by atoms with van der Waals surface area (Å²) in [5, 5.41) is 2.70. The fourth-order valence-corrected chi connectivity index (χ4v) is 3.02. The summed E-state index contributed by atoms with van der Waals surface area (Å²) in [4.78, 5) is 24.3. The highest BCUT2D eigenvalue weighted by molar-refractivity contribution is 5.88. The molecule has 150 valence electrons. The number of rotatable bonds is 7. The van der Waals surface area contributed by atoms with E-state index >= 15 is 0 Å². The molecule has 0 radical (unpaired) electrons. The molecule has 2 amide bonds. The Morgan fingerprint density at radius 2 is 2.11 bits per heavy atom. The number of aromatic nitrogens is 2. The number of carbonyl (C=O) groups excluding carboxylic acids is 1. The topological polar surface area (TPSA) is 96.6 Å². The molecular weight excluding hydrogens is 363 g/mol. The second-order valence-electron chi connectivity index (χ2n) is 6.79. The first kappa shape index (κ1) is 19.8. The van der Waals surface area contributed by atoms with Gasteiger partial charge >= 0.3 is 6.03 Å². The van der Waals surface area contributed by atoms with Crippen molar-refractivity contribution in [3.05, 3.63) is 36.4 Å². The summed E-state index contributed by atoms with van der Waals surface area (Å²) in [7, 11) is 1.74. The minimum absolute atomic E-state index is 0.00999. The van der Waals surface area contributed by atoms with Gasteiger partial charge in [0.05, 0.1) is 0 Å². The van der Waals surface area contributed by atoms with Crippen molar-refractivity contribution in [1.82, 2.24) is 19.8 Å². The van der Waals surface area contributed by atoms with E-state index in [4.69, 9.17) is 10.5 Å². The van der Waals surface area contributed by atoms with Gasteiger partial charge in [0.2, 0.25) is 5.88 Å². The SMILES string of the molecule is CN(CCCN1CCCC1)C(=O)Nc1cc(Oc2ccc(N)cc2F)ncn1. The number of halogens is 1. The van der Waals surface area contributed by atoms with Crippen molar-refractivity contribution in [1.29, 1.82) is 0 Å². The third-order valence-corrected chi connectivity index (χ3v) is 4.56. The van der Waals surface area contributed by atoms with Gasteiger partial charge in [-0.25, -0.2) is 19.2 Å². The quantitative estimate of drug-likeness (QED) is 0.708. The van der Waals surface area contributed by atoms with Gasteiger partial charge in [-0.05, 0) is 51.0 Å². The van der Waals surface area contributed by atoms with Crippen molar-refractivity contribution < 1.29 is 13.9 Å². The molecule has 8 nitrogen and oxygen atoms in total. The molecule has 3 rings (SSSR count). The van der Waals surface area contributed by atoms with Gasteiger partial charge in [0.1, 0.15) is 12.1 Å². The van der Waals surface area contributed by atoms with Gasteiger partial charge in [0, 0.05) is 31.4 Å². The number of hydrogen-bond acceptors (Lipinski definition) is 6. The highest BCUT2D eigenvalue weighted by atomic mass is 19.1. The predicted molar refractivity (Wildman–Crippen MR) is 105 cm³/mol. The number of urea groups is 1. The van der Waals surface area contributed by atoms with E-state index in [1.54, 1.807) is 11.9 Å². The predicted octanol–water partition coefficient (Wildman–Crippen LogP) is 2.94. The van der Waals surface area contributed by atoms with Crippen molar-refractivity contribution in [3.63, 3.8) is 0 Å². The molecule has 1 saturated heterocycles. The number of nitrogens with zero attached hydrogens (tertiary/aromatic N) is 4. The van der Waals surface area contributed by atoms with Crippen molar-refractivity contribution in [2.75, 3.05) is 44.3 Å². The standard InChI is InChI=1S/C19H25FN6O2/c1-25(7-4-10-26-8-2-3-9-26)19(27)24-17-12-18(23-13-22-17)28-16-6-5-14(21)11-15(16)20/h5-6,11-13H,2-4,7-10,21H2,1H3,(H,22,23,24,27). The van der Waals surface area contributed by atoms with Crippen LogP contribution in [0.1, 0.15) is 19.3 Å². The first-order valence-electron chi connectivity index (χ1n) is 9.30. The molecule has 1 aromatic heterocycles. The molecule has 0 saturated carbocycles. The number of nitrogen functional groups attached to an aromatic ring is 1. The van der Waals surface area contributed by atoms with Crippen LogP contribution in [0, 0.1) is 5.82 Å². The minimum atomic E-state index is -0.595. The molecule has 0 aliphatic carbocycles. The highest BCUT2D eigenvalue weighted by Crippen LogP contribution is 2.25. The Labute approximate surface area is 163 Å². The smallest absolute Gasteiger partial charge is 0.322 e. The molecule has 2 heterocycles. The third kappa shape index (κ3) is 5.53. The number of hydrogen-bond donors (Lipinski definition) is 2. The number of amides is 2.